The lowest BCUT2D eigenvalue weighted by atomic mass is 10.2. The number of carbonyl (C=O) groups is 1. The normalized spacial score (nSPS) is 14.6. The smallest absolute Gasteiger partial charge is 0.276 e. The largest absolute Gasteiger partial charge is 0.370 e. The van der Waals surface area contributed by atoms with Crippen LogP contribution in [0.3, 0.4) is 0 Å². The van der Waals surface area contributed by atoms with E-state index in [1.807, 2.05) is 0 Å². The molecule has 1 atom stereocenters. The van der Waals surface area contributed by atoms with Crippen molar-refractivity contribution in [2.24, 2.45) is 16.5 Å². The van der Waals surface area contributed by atoms with E-state index in [1.165, 1.54) is 16.3 Å². The van der Waals surface area contributed by atoms with Gasteiger partial charge in [0.1, 0.15) is 11.7 Å². The average molecular weight is 527 g/mol. The SMILES string of the molecule is Cc1cc2n(c(=O)c1NS(=O)(=O)Cc1ccccc1)C(C(=O)NCc1ccc(N=C(N)N)cc1)CS2. The number of nitrogens with two attached hydrogens (primary N) is 2. The van der Waals surface area contributed by atoms with Crippen LogP contribution in [0.5, 0.6) is 0 Å². The van der Waals surface area contributed by atoms with E-state index in [0.717, 1.165) is 5.56 Å². The Kier molecular flexibility index (Phi) is 7.36. The predicted molar refractivity (Wildman–Crippen MR) is 142 cm³/mol. The van der Waals surface area contributed by atoms with Crippen LogP contribution in [0, 0.1) is 6.92 Å². The summed E-state index contributed by atoms with van der Waals surface area (Å²) in [5, 5.41) is 3.46. The third-order valence-corrected chi connectivity index (χ3v) is 7.85. The lowest BCUT2D eigenvalue weighted by molar-refractivity contribution is -0.124. The first-order chi connectivity index (χ1) is 17.1. The number of hydrogen-bond acceptors (Lipinski definition) is 6. The molecule has 6 N–H and O–H groups in total. The lowest BCUT2D eigenvalue weighted by Crippen LogP contribution is -2.37. The van der Waals surface area contributed by atoms with Crippen molar-refractivity contribution in [1.29, 1.82) is 0 Å². The zero-order valence-corrected chi connectivity index (χ0v) is 21.1. The molecule has 0 fully saturated rings. The summed E-state index contributed by atoms with van der Waals surface area (Å²) in [7, 11) is -3.84. The standard InChI is InChI=1S/C24H26N6O4S2/c1-15-11-20-30(23(32)21(15)29-36(33,34)14-17-5-3-2-4-6-17)19(13-35-20)22(31)27-12-16-7-9-18(10-8-16)28-24(25)26/h2-11,19,29H,12-14H2,1H3,(H,27,31)(H4,25,26,28). The maximum atomic E-state index is 13.3. The van der Waals surface area contributed by atoms with Crippen molar-refractivity contribution in [2.75, 3.05) is 10.5 Å². The van der Waals surface area contributed by atoms with Crippen molar-refractivity contribution < 1.29 is 13.2 Å². The second-order valence-electron chi connectivity index (χ2n) is 8.31. The van der Waals surface area contributed by atoms with E-state index in [0.29, 0.717) is 27.6 Å². The Morgan fingerprint density at radius 2 is 1.81 bits per heavy atom. The third kappa shape index (κ3) is 5.89. The van der Waals surface area contributed by atoms with Crippen molar-refractivity contribution >= 4 is 45.0 Å². The summed E-state index contributed by atoms with van der Waals surface area (Å²) in [6.07, 6.45) is 0. The van der Waals surface area contributed by atoms with Crippen LogP contribution in [0.4, 0.5) is 11.4 Å². The minimum atomic E-state index is -3.84. The predicted octanol–water partition coefficient (Wildman–Crippen LogP) is 1.97. The number of sulfonamides is 1. The van der Waals surface area contributed by atoms with Crippen molar-refractivity contribution in [2.45, 2.75) is 30.3 Å². The molecule has 1 unspecified atom stereocenters. The van der Waals surface area contributed by atoms with Gasteiger partial charge in [-0.05, 0) is 41.8 Å². The highest BCUT2D eigenvalue weighted by molar-refractivity contribution is 7.99. The molecule has 4 rings (SSSR count). The fourth-order valence-corrected chi connectivity index (χ4v) is 6.31. The molecule has 0 saturated heterocycles. The molecule has 2 heterocycles. The van der Waals surface area contributed by atoms with Gasteiger partial charge in [-0.15, -0.1) is 11.8 Å². The third-order valence-electron chi connectivity index (χ3n) is 5.53. The lowest BCUT2D eigenvalue weighted by Gasteiger charge is -2.17. The van der Waals surface area contributed by atoms with E-state index in [2.05, 4.69) is 15.0 Å². The van der Waals surface area contributed by atoms with Gasteiger partial charge in [-0.25, -0.2) is 13.4 Å². The molecule has 0 saturated carbocycles. The number of aliphatic imine (C=N–C) groups is 1. The fraction of sp³-hybridized carbons (Fsp3) is 0.208. The molecule has 1 aliphatic rings. The van der Waals surface area contributed by atoms with Crippen LogP contribution < -0.4 is 27.1 Å². The molecule has 0 aliphatic carbocycles. The highest BCUT2D eigenvalue weighted by Gasteiger charge is 2.32. The van der Waals surface area contributed by atoms with E-state index in [4.69, 9.17) is 11.5 Å². The number of nitrogens with zero attached hydrogens (tertiary/aromatic N) is 2. The van der Waals surface area contributed by atoms with Crippen LogP contribution in [0.2, 0.25) is 0 Å². The Balaban J connectivity index is 1.50. The molecular weight excluding hydrogens is 500 g/mol. The molecule has 0 bridgehead atoms. The Bertz CT molecular complexity index is 1460. The molecule has 1 aliphatic heterocycles. The van der Waals surface area contributed by atoms with Gasteiger partial charge in [0.05, 0.1) is 16.5 Å². The first kappa shape index (κ1) is 25.3. The van der Waals surface area contributed by atoms with Crippen molar-refractivity contribution in [1.82, 2.24) is 9.88 Å². The Morgan fingerprint density at radius 1 is 1.11 bits per heavy atom. The molecule has 2 aromatic carbocycles. The summed E-state index contributed by atoms with van der Waals surface area (Å²) in [5.74, 6) is -0.284. The first-order valence-corrected chi connectivity index (χ1v) is 13.7. The van der Waals surface area contributed by atoms with Gasteiger partial charge in [0.25, 0.3) is 5.56 Å². The summed E-state index contributed by atoms with van der Waals surface area (Å²) in [6, 6.07) is 16.7. The quantitative estimate of drug-likeness (QED) is 0.258. The van der Waals surface area contributed by atoms with Gasteiger partial charge in [-0.1, -0.05) is 42.5 Å². The minimum Gasteiger partial charge on any atom is -0.370 e. The summed E-state index contributed by atoms with van der Waals surface area (Å²) < 4.78 is 29.3. The number of fused-ring (bicyclic) bond motifs is 1. The van der Waals surface area contributed by atoms with Crippen molar-refractivity contribution in [3.63, 3.8) is 0 Å². The van der Waals surface area contributed by atoms with Gasteiger partial charge in [0.2, 0.25) is 15.9 Å². The van der Waals surface area contributed by atoms with E-state index < -0.39 is 21.6 Å². The second-order valence-corrected chi connectivity index (χ2v) is 11.1. The molecule has 0 spiro atoms. The maximum absolute atomic E-state index is 13.3. The van der Waals surface area contributed by atoms with Gasteiger partial charge in [0, 0.05) is 12.3 Å². The molecule has 188 valence electrons. The minimum absolute atomic E-state index is 0.0455. The highest BCUT2D eigenvalue weighted by Crippen LogP contribution is 2.34. The summed E-state index contributed by atoms with van der Waals surface area (Å²) in [4.78, 5) is 30.3. The molecule has 3 aromatic rings. The number of rotatable bonds is 8. The number of guanidine groups is 1. The number of aryl methyl sites for hydroxylation is 1. The van der Waals surface area contributed by atoms with Gasteiger partial charge < -0.3 is 16.8 Å². The van der Waals surface area contributed by atoms with Crippen LogP contribution >= 0.6 is 11.8 Å². The monoisotopic (exact) mass is 526 g/mol. The van der Waals surface area contributed by atoms with Crippen molar-refractivity contribution in [3.05, 3.63) is 87.7 Å². The molecule has 1 amide bonds. The Labute approximate surface area is 212 Å². The molecular formula is C24H26N6O4S2. The first-order valence-electron chi connectivity index (χ1n) is 11.0. The number of pyridine rings is 1. The number of amides is 1. The fourth-order valence-electron chi connectivity index (χ4n) is 3.81. The topological polar surface area (TPSA) is 162 Å². The van der Waals surface area contributed by atoms with Gasteiger partial charge in [-0.3, -0.25) is 18.9 Å². The number of nitrogens with one attached hydrogen (secondary N) is 2. The van der Waals surface area contributed by atoms with E-state index in [1.54, 1.807) is 67.6 Å². The van der Waals surface area contributed by atoms with E-state index in [9.17, 15) is 18.0 Å². The van der Waals surface area contributed by atoms with Gasteiger partial charge in [-0.2, -0.15) is 0 Å². The van der Waals surface area contributed by atoms with Crippen LogP contribution in [0.1, 0.15) is 22.7 Å². The van der Waals surface area contributed by atoms with E-state index in [-0.39, 0.29) is 29.9 Å². The molecule has 12 heteroatoms. The average Bonchev–Trinajstić information content (AvgIpc) is 3.25. The number of carbonyl (C=O) groups excluding carboxylic acids is 1. The Hall–Kier alpha value is -3.77. The molecule has 36 heavy (non-hydrogen) atoms. The number of hydrogen-bond donors (Lipinski definition) is 4. The molecule has 10 nitrogen and oxygen atoms in total. The van der Waals surface area contributed by atoms with E-state index >= 15 is 0 Å². The number of thioether (sulfide) groups is 1. The van der Waals surface area contributed by atoms with Crippen LogP contribution in [-0.4, -0.2) is 30.6 Å². The number of aromatic nitrogens is 1. The van der Waals surface area contributed by atoms with Gasteiger partial charge >= 0.3 is 0 Å². The summed E-state index contributed by atoms with van der Waals surface area (Å²) in [6.45, 7) is 1.91. The van der Waals surface area contributed by atoms with Crippen LogP contribution in [0.25, 0.3) is 0 Å². The van der Waals surface area contributed by atoms with Crippen LogP contribution in [0.15, 0.2) is 75.5 Å². The number of benzene rings is 2. The van der Waals surface area contributed by atoms with Crippen molar-refractivity contribution in [3.8, 4) is 0 Å². The molecule has 0 radical (unpaired) electrons. The van der Waals surface area contributed by atoms with Crippen LogP contribution in [-0.2, 0) is 27.1 Å². The maximum Gasteiger partial charge on any atom is 0.276 e. The summed E-state index contributed by atoms with van der Waals surface area (Å²) >= 11 is 1.38. The zero-order chi connectivity index (χ0) is 25.9. The molecule has 1 aromatic heterocycles. The number of anilines is 1. The zero-order valence-electron chi connectivity index (χ0n) is 19.5. The Morgan fingerprint density at radius 3 is 2.47 bits per heavy atom. The highest BCUT2D eigenvalue weighted by atomic mass is 32.2. The second kappa shape index (κ2) is 10.5. The summed E-state index contributed by atoms with van der Waals surface area (Å²) in [5.41, 5.74) is 12.7. The van der Waals surface area contributed by atoms with Gasteiger partial charge in [0.15, 0.2) is 5.96 Å².